The number of nitrogens with one attached hydrogen (secondary N) is 2. The number of pyridine rings is 1. The molecule has 1 aromatic carbocycles. The number of anilines is 2. The van der Waals surface area contributed by atoms with E-state index in [1.807, 2.05) is 43.4 Å². The first kappa shape index (κ1) is 17.2. The van der Waals surface area contributed by atoms with Gasteiger partial charge in [0.25, 0.3) is 0 Å². The third-order valence-corrected chi connectivity index (χ3v) is 3.37. The number of hydrogen-bond donors (Lipinski definition) is 3. The van der Waals surface area contributed by atoms with E-state index in [9.17, 15) is 4.79 Å². The zero-order valence-corrected chi connectivity index (χ0v) is 13.6. The van der Waals surface area contributed by atoms with Crippen molar-refractivity contribution in [3.05, 3.63) is 54.4 Å². The summed E-state index contributed by atoms with van der Waals surface area (Å²) in [6, 6.07) is 11.4. The number of carbonyl (C=O) groups excluding carboxylic acids is 1. The average molecular weight is 323 g/mol. The molecule has 0 unspecified atom stereocenters. The molecular formula is C18H21N5O. The monoisotopic (exact) mass is 323 g/mol. The van der Waals surface area contributed by atoms with E-state index >= 15 is 0 Å². The molecule has 0 radical (unpaired) electrons. The summed E-state index contributed by atoms with van der Waals surface area (Å²) in [5.74, 6) is 0.608. The first-order chi connectivity index (χ1) is 11.8. The zero-order valence-electron chi connectivity index (χ0n) is 13.6. The van der Waals surface area contributed by atoms with Crippen molar-refractivity contribution < 1.29 is 4.79 Å². The minimum atomic E-state index is 0.432. The third kappa shape index (κ3) is 4.42. The number of aromatic nitrogens is 1. The summed E-state index contributed by atoms with van der Waals surface area (Å²) in [6.45, 7) is 0.546. The Morgan fingerprint density at radius 1 is 1.29 bits per heavy atom. The largest absolute Gasteiger partial charge is 0.404 e. The van der Waals surface area contributed by atoms with Crippen LogP contribution in [0.25, 0.3) is 5.57 Å². The lowest BCUT2D eigenvalue weighted by atomic mass is 10.0. The second-order valence-electron chi connectivity index (χ2n) is 4.93. The summed E-state index contributed by atoms with van der Waals surface area (Å²) >= 11 is 0. The van der Waals surface area contributed by atoms with Crippen LogP contribution in [0.5, 0.6) is 0 Å². The zero-order chi connectivity index (χ0) is 17.2. The highest BCUT2D eigenvalue weighted by Gasteiger charge is 2.10. The van der Waals surface area contributed by atoms with E-state index in [0.29, 0.717) is 18.8 Å². The van der Waals surface area contributed by atoms with Gasteiger partial charge < -0.3 is 21.2 Å². The van der Waals surface area contributed by atoms with Gasteiger partial charge in [-0.15, -0.1) is 0 Å². The van der Waals surface area contributed by atoms with E-state index in [1.54, 1.807) is 12.4 Å². The second-order valence-corrected chi connectivity index (χ2v) is 4.93. The molecule has 0 amide bonds. The van der Waals surface area contributed by atoms with Crippen LogP contribution in [0.1, 0.15) is 12.0 Å². The minimum Gasteiger partial charge on any atom is -0.404 e. The van der Waals surface area contributed by atoms with Gasteiger partial charge in [-0.3, -0.25) is 0 Å². The molecular weight excluding hydrogens is 302 g/mol. The first-order valence-corrected chi connectivity index (χ1v) is 7.65. The predicted octanol–water partition coefficient (Wildman–Crippen LogP) is 2.83. The van der Waals surface area contributed by atoms with E-state index in [-0.39, 0.29) is 0 Å². The van der Waals surface area contributed by atoms with Crippen molar-refractivity contribution in [1.82, 2.24) is 4.98 Å². The lowest BCUT2D eigenvalue weighted by molar-refractivity contribution is -0.107. The van der Waals surface area contributed by atoms with Crippen molar-refractivity contribution in [1.29, 1.82) is 0 Å². The lowest BCUT2D eigenvalue weighted by Gasteiger charge is -2.16. The number of nitrogens with two attached hydrogens (primary N) is 1. The number of rotatable bonds is 8. The van der Waals surface area contributed by atoms with Gasteiger partial charge in [0.1, 0.15) is 6.29 Å². The molecule has 1 heterocycles. The van der Waals surface area contributed by atoms with Gasteiger partial charge in [0.2, 0.25) is 0 Å². The predicted molar refractivity (Wildman–Crippen MR) is 99.7 cm³/mol. The molecule has 0 spiro atoms. The van der Waals surface area contributed by atoms with Gasteiger partial charge in [-0.05, 0) is 18.2 Å². The van der Waals surface area contributed by atoms with E-state index in [1.165, 1.54) is 6.20 Å². The third-order valence-electron chi connectivity index (χ3n) is 3.37. The number of aliphatic imine (C=N–C) groups is 1. The fourth-order valence-electron chi connectivity index (χ4n) is 2.22. The van der Waals surface area contributed by atoms with Crippen LogP contribution >= 0.6 is 0 Å². The van der Waals surface area contributed by atoms with Crippen LogP contribution in [-0.2, 0) is 4.79 Å². The van der Waals surface area contributed by atoms with Crippen LogP contribution in [0.15, 0.2) is 53.8 Å². The fourth-order valence-corrected chi connectivity index (χ4v) is 2.22. The molecule has 0 saturated carbocycles. The van der Waals surface area contributed by atoms with Crippen molar-refractivity contribution in [2.45, 2.75) is 6.42 Å². The number of aldehydes is 1. The maximum Gasteiger partial charge on any atom is 0.151 e. The Bertz CT molecular complexity index is 725. The van der Waals surface area contributed by atoms with Gasteiger partial charge in [0.15, 0.2) is 5.82 Å². The molecule has 24 heavy (non-hydrogen) atoms. The van der Waals surface area contributed by atoms with Crippen molar-refractivity contribution in [2.24, 2.45) is 10.7 Å². The molecule has 4 N–H and O–H groups in total. The fraction of sp³-hybridized carbons (Fsp3) is 0.167. The van der Waals surface area contributed by atoms with Gasteiger partial charge >= 0.3 is 0 Å². The molecule has 6 heteroatoms. The average Bonchev–Trinajstić information content (AvgIpc) is 2.64. The number of nitrogens with zero attached hydrogens (tertiary/aromatic N) is 2. The summed E-state index contributed by atoms with van der Waals surface area (Å²) in [6.07, 6.45) is 6.19. The Morgan fingerprint density at radius 3 is 2.83 bits per heavy atom. The minimum absolute atomic E-state index is 0.432. The quantitative estimate of drug-likeness (QED) is 0.395. The number of allylic oxidation sites excluding steroid dienone is 1. The number of benzene rings is 1. The van der Waals surface area contributed by atoms with Gasteiger partial charge in [-0.1, -0.05) is 18.2 Å². The second kappa shape index (κ2) is 9.09. The highest BCUT2D eigenvalue weighted by molar-refractivity contribution is 6.13. The molecule has 0 bridgehead atoms. The van der Waals surface area contributed by atoms with E-state index in [4.69, 9.17) is 5.73 Å². The van der Waals surface area contributed by atoms with Crippen LogP contribution in [0.2, 0.25) is 0 Å². The summed E-state index contributed by atoms with van der Waals surface area (Å²) in [7, 11) is 1.85. The molecule has 0 fully saturated rings. The normalized spacial score (nSPS) is 11.5. The van der Waals surface area contributed by atoms with Gasteiger partial charge in [0.05, 0.1) is 11.4 Å². The molecule has 124 valence electrons. The lowest BCUT2D eigenvalue weighted by Crippen LogP contribution is -2.08. The number of hydrogen-bond acceptors (Lipinski definition) is 6. The Kier molecular flexibility index (Phi) is 6.52. The molecule has 0 saturated heterocycles. The van der Waals surface area contributed by atoms with E-state index in [2.05, 4.69) is 20.6 Å². The molecule has 0 atom stereocenters. The van der Waals surface area contributed by atoms with E-state index in [0.717, 1.165) is 28.8 Å². The van der Waals surface area contributed by atoms with Crippen LogP contribution in [0.4, 0.5) is 17.2 Å². The molecule has 0 aliphatic carbocycles. The highest BCUT2D eigenvalue weighted by atomic mass is 16.1. The number of para-hydroxylation sites is 1. The van der Waals surface area contributed by atoms with Crippen molar-refractivity contribution in [3.63, 3.8) is 0 Å². The van der Waals surface area contributed by atoms with Crippen LogP contribution in [0.3, 0.4) is 0 Å². The SMILES string of the molecule is CNc1cccc(C(C=Nc2ccccn2)=CN)c1NCCC=O. The molecule has 2 rings (SSSR count). The molecule has 0 aliphatic rings. The standard InChI is InChI=1S/C18H21N5O/c1-20-16-7-4-6-15(18(16)22-10-5-11-24)14(12-19)13-23-17-8-2-3-9-21-17/h2-4,6-9,11-13,20,22H,5,10,19H2,1H3. The summed E-state index contributed by atoms with van der Waals surface area (Å²) in [5, 5.41) is 6.42. The Labute approximate surface area is 141 Å². The highest BCUT2D eigenvalue weighted by Crippen LogP contribution is 2.30. The van der Waals surface area contributed by atoms with Crippen LogP contribution in [0, 0.1) is 0 Å². The molecule has 6 nitrogen and oxygen atoms in total. The van der Waals surface area contributed by atoms with Crippen molar-refractivity contribution in [3.8, 4) is 0 Å². The van der Waals surface area contributed by atoms with Gasteiger partial charge in [-0.2, -0.15) is 0 Å². The Hall–Kier alpha value is -3.15. The van der Waals surface area contributed by atoms with Crippen LogP contribution < -0.4 is 16.4 Å². The topological polar surface area (TPSA) is 92.4 Å². The summed E-state index contributed by atoms with van der Waals surface area (Å²) in [5.41, 5.74) is 9.26. The Balaban J connectivity index is 2.33. The van der Waals surface area contributed by atoms with Crippen molar-refractivity contribution in [2.75, 3.05) is 24.2 Å². The van der Waals surface area contributed by atoms with E-state index < -0.39 is 0 Å². The summed E-state index contributed by atoms with van der Waals surface area (Å²) < 4.78 is 0. The Morgan fingerprint density at radius 2 is 2.17 bits per heavy atom. The number of carbonyl (C=O) groups is 1. The molecule has 1 aromatic heterocycles. The maximum absolute atomic E-state index is 10.6. The van der Waals surface area contributed by atoms with Crippen LogP contribution in [-0.4, -0.2) is 31.1 Å². The van der Waals surface area contributed by atoms with Crippen molar-refractivity contribution >= 4 is 35.3 Å². The summed E-state index contributed by atoms with van der Waals surface area (Å²) in [4.78, 5) is 19.1. The van der Waals surface area contributed by atoms with Gasteiger partial charge in [0, 0.05) is 49.8 Å². The molecule has 0 aliphatic heterocycles. The first-order valence-electron chi connectivity index (χ1n) is 7.65. The van der Waals surface area contributed by atoms with Gasteiger partial charge in [-0.25, -0.2) is 9.98 Å². The smallest absolute Gasteiger partial charge is 0.151 e. The molecule has 2 aromatic rings. The maximum atomic E-state index is 10.6.